The van der Waals surface area contributed by atoms with Gasteiger partial charge in [-0.25, -0.2) is 0 Å². The molecule has 2 aliphatic heterocycles. The molecule has 0 radical (unpaired) electrons. The first kappa shape index (κ1) is 20.4. The molecule has 2 aromatic carbocycles. The Labute approximate surface area is 187 Å². The summed E-state index contributed by atoms with van der Waals surface area (Å²) in [5.41, 5.74) is 5.10. The lowest BCUT2D eigenvalue weighted by Crippen LogP contribution is -2.73. The molecule has 2 amide bonds. The number of rotatable bonds is 4. The third-order valence-corrected chi connectivity index (χ3v) is 6.65. The monoisotopic (exact) mass is 427 g/mol. The highest BCUT2D eigenvalue weighted by Crippen LogP contribution is 2.43. The van der Waals surface area contributed by atoms with Crippen molar-refractivity contribution in [1.82, 2.24) is 14.8 Å². The van der Waals surface area contributed by atoms with Gasteiger partial charge in [-0.3, -0.25) is 14.6 Å². The van der Waals surface area contributed by atoms with Crippen LogP contribution in [0.5, 0.6) is 0 Å². The van der Waals surface area contributed by atoms with Crippen LogP contribution in [-0.4, -0.2) is 63.5 Å². The number of carbonyl (C=O) groups excluding carboxylic acids is 2. The van der Waals surface area contributed by atoms with E-state index >= 15 is 0 Å². The molecule has 0 aliphatic carbocycles. The minimum atomic E-state index is -0.254. The summed E-state index contributed by atoms with van der Waals surface area (Å²) in [6.07, 6.45) is 3.16. The summed E-state index contributed by atoms with van der Waals surface area (Å²) in [7, 11) is 0. The van der Waals surface area contributed by atoms with E-state index < -0.39 is 0 Å². The summed E-state index contributed by atoms with van der Waals surface area (Å²) in [6, 6.07) is 19.7. The Hall–Kier alpha value is -3.51. The molecule has 0 saturated carbocycles. The molecule has 32 heavy (non-hydrogen) atoms. The Morgan fingerprint density at radius 2 is 1.62 bits per heavy atom. The van der Waals surface area contributed by atoms with E-state index in [0.717, 1.165) is 16.7 Å². The fraction of sp³-hybridized carbons (Fsp3) is 0.269. The van der Waals surface area contributed by atoms with Crippen LogP contribution in [0.4, 0.5) is 0 Å². The Morgan fingerprint density at radius 3 is 2.25 bits per heavy atom. The van der Waals surface area contributed by atoms with Crippen molar-refractivity contribution in [3.63, 3.8) is 0 Å². The summed E-state index contributed by atoms with van der Waals surface area (Å²) < 4.78 is 0. The predicted octanol–water partition coefficient (Wildman–Crippen LogP) is 2.87. The highest BCUT2D eigenvalue weighted by atomic mass is 16.3. The van der Waals surface area contributed by atoms with Gasteiger partial charge in [-0.2, -0.15) is 0 Å². The van der Waals surface area contributed by atoms with E-state index in [0.29, 0.717) is 12.1 Å². The van der Waals surface area contributed by atoms with Crippen molar-refractivity contribution in [2.75, 3.05) is 19.7 Å². The summed E-state index contributed by atoms with van der Waals surface area (Å²) in [5.74, 6) is -0.291. The molecule has 162 valence electrons. The lowest BCUT2D eigenvalue weighted by molar-refractivity contribution is -0.159. The Kier molecular flexibility index (Phi) is 5.23. The van der Waals surface area contributed by atoms with E-state index in [-0.39, 0.29) is 43.0 Å². The van der Waals surface area contributed by atoms with E-state index in [9.17, 15) is 14.7 Å². The number of nitrogens with zero attached hydrogens (tertiary/aromatic N) is 3. The fourth-order valence-electron chi connectivity index (χ4n) is 4.98. The first-order valence-electron chi connectivity index (χ1n) is 10.8. The van der Waals surface area contributed by atoms with Crippen LogP contribution in [0, 0.1) is 6.92 Å². The van der Waals surface area contributed by atoms with Crippen molar-refractivity contribution >= 4 is 11.8 Å². The van der Waals surface area contributed by atoms with Gasteiger partial charge in [-0.05, 0) is 35.7 Å². The number of carbonyl (C=O) groups is 2. The van der Waals surface area contributed by atoms with Crippen LogP contribution in [0.1, 0.15) is 27.4 Å². The van der Waals surface area contributed by atoms with Crippen molar-refractivity contribution in [1.29, 1.82) is 0 Å². The van der Waals surface area contributed by atoms with Crippen LogP contribution in [0.2, 0.25) is 0 Å². The van der Waals surface area contributed by atoms with E-state index in [1.165, 1.54) is 5.56 Å². The number of hydrogen-bond donors (Lipinski definition) is 1. The number of hydrogen-bond acceptors (Lipinski definition) is 4. The SMILES string of the molecule is Cc1ccc(-c2ccc([C@H]3[C@@H](CO)N4C(=O)CN(C(=O)c5ccncc5)C[C@@H]34)cc2)cc1. The first-order chi connectivity index (χ1) is 15.6. The van der Waals surface area contributed by atoms with Crippen LogP contribution in [0.15, 0.2) is 73.1 Å². The number of aromatic nitrogens is 1. The number of piperazine rings is 1. The highest BCUT2D eigenvalue weighted by molar-refractivity contribution is 5.97. The van der Waals surface area contributed by atoms with Crippen molar-refractivity contribution in [2.45, 2.75) is 24.9 Å². The van der Waals surface area contributed by atoms with Crippen LogP contribution >= 0.6 is 0 Å². The molecule has 3 heterocycles. The van der Waals surface area contributed by atoms with Crippen LogP contribution < -0.4 is 0 Å². The average Bonchev–Trinajstić information content (AvgIpc) is 2.81. The Morgan fingerprint density at radius 1 is 1.00 bits per heavy atom. The van der Waals surface area contributed by atoms with Crippen LogP contribution in [0.3, 0.4) is 0 Å². The minimum Gasteiger partial charge on any atom is -0.394 e. The lowest BCUT2D eigenvalue weighted by atomic mass is 9.73. The largest absolute Gasteiger partial charge is 0.394 e. The third kappa shape index (κ3) is 3.46. The van der Waals surface area contributed by atoms with E-state index in [2.05, 4.69) is 60.4 Å². The second kappa shape index (κ2) is 8.20. The Balaban J connectivity index is 1.38. The number of pyridine rings is 1. The molecule has 6 nitrogen and oxygen atoms in total. The minimum absolute atomic E-state index is 0.0101. The molecule has 1 aromatic heterocycles. The molecule has 0 spiro atoms. The maximum atomic E-state index is 12.9. The number of aliphatic hydroxyl groups is 1. The van der Waals surface area contributed by atoms with Crippen molar-refractivity contribution in [3.05, 3.63) is 89.7 Å². The molecule has 1 N–H and O–H groups in total. The molecule has 3 atom stereocenters. The van der Waals surface area contributed by atoms with E-state index in [1.807, 2.05) is 0 Å². The Bertz CT molecular complexity index is 1130. The third-order valence-electron chi connectivity index (χ3n) is 6.65. The van der Waals surface area contributed by atoms with Gasteiger partial charge in [0.25, 0.3) is 5.91 Å². The number of aryl methyl sites for hydroxylation is 1. The van der Waals surface area contributed by atoms with Gasteiger partial charge < -0.3 is 14.9 Å². The number of aliphatic hydroxyl groups excluding tert-OH is 1. The molecule has 2 saturated heterocycles. The van der Waals surface area contributed by atoms with Crippen molar-refractivity contribution in [2.24, 2.45) is 0 Å². The number of amides is 2. The quantitative estimate of drug-likeness (QED) is 0.695. The van der Waals surface area contributed by atoms with E-state index in [1.54, 1.807) is 34.3 Å². The standard InChI is InChI=1S/C26H25N3O3/c1-17-2-4-18(5-3-17)19-6-8-20(9-7-19)25-22-14-28(15-24(31)29(22)23(25)16-30)26(32)21-10-12-27-13-11-21/h2-13,22-23,25,30H,14-16H2,1H3/t22-,23+,25+/m0/s1. The van der Waals surface area contributed by atoms with Gasteiger partial charge in [0.05, 0.1) is 18.7 Å². The first-order valence-corrected chi connectivity index (χ1v) is 10.8. The molecule has 6 heteroatoms. The van der Waals surface area contributed by atoms with Gasteiger partial charge in [-0.15, -0.1) is 0 Å². The average molecular weight is 428 g/mol. The predicted molar refractivity (Wildman–Crippen MR) is 121 cm³/mol. The molecule has 0 bridgehead atoms. The van der Waals surface area contributed by atoms with Gasteiger partial charge in [-0.1, -0.05) is 54.1 Å². The van der Waals surface area contributed by atoms with E-state index in [4.69, 9.17) is 0 Å². The second-order valence-electron chi connectivity index (χ2n) is 8.55. The molecule has 2 fully saturated rings. The summed E-state index contributed by atoms with van der Waals surface area (Å²) in [5, 5.41) is 10.0. The normalized spacial score (nSPS) is 22.3. The lowest BCUT2D eigenvalue weighted by Gasteiger charge is -2.58. The zero-order chi connectivity index (χ0) is 22.2. The molecular formula is C26H25N3O3. The summed E-state index contributed by atoms with van der Waals surface area (Å²) >= 11 is 0. The molecule has 2 aliphatic rings. The zero-order valence-electron chi connectivity index (χ0n) is 17.9. The summed E-state index contributed by atoms with van der Waals surface area (Å²) in [6.45, 7) is 2.46. The molecule has 5 rings (SSSR count). The fourth-order valence-corrected chi connectivity index (χ4v) is 4.98. The second-order valence-corrected chi connectivity index (χ2v) is 8.55. The molecule has 0 unspecified atom stereocenters. The smallest absolute Gasteiger partial charge is 0.254 e. The van der Waals surface area contributed by atoms with Crippen molar-refractivity contribution < 1.29 is 14.7 Å². The number of fused-ring (bicyclic) bond motifs is 1. The highest BCUT2D eigenvalue weighted by Gasteiger charge is 2.54. The molecule has 3 aromatic rings. The van der Waals surface area contributed by atoms with Gasteiger partial charge in [0.1, 0.15) is 6.54 Å². The van der Waals surface area contributed by atoms with Crippen molar-refractivity contribution in [3.8, 4) is 11.1 Å². The summed E-state index contributed by atoms with van der Waals surface area (Å²) in [4.78, 5) is 33.1. The zero-order valence-corrected chi connectivity index (χ0v) is 17.9. The topological polar surface area (TPSA) is 73.7 Å². The maximum absolute atomic E-state index is 12.9. The van der Waals surface area contributed by atoms with Crippen LogP contribution in [-0.2, 0) is 4.79 Å². The maximum Gasteiger partial charge on any atom is 0.254 e. The number of benzene rings is 2. The molecular weight excluding hydrogens is 402 g/mol. The van der Waals surface area contributed by atoms with Gasteiger partial charge in [0.15, 0.2) is 0 Å². The van der Waals surface area contributed by atoms with Gasteiger partial charge in [0.2, 0.25) is 5.91 Å². The van der Waals surface area contributed by atoms with Gasteiger partial charge >= 0.3 is 0 Å². The van der Waals surface area contributed by atoms with Crippen LogP contribution in [0.25, 0.3) is 11.1 Å². The van der Waals surface area contributed by atoms with Gasteiger partial charge in [0, 0.05) is 30.4 Å².